The van der Waals surface area contributed by atoms with Crippen molar-refractivity contribution in [1.82, 2.24) is 0 Å². The van der Waals surface area contributed by atoms with Crippen LogP contribution in [0, 0.1) is 0 Å². The highest BCUT2D eigenvalue weighted by Gasteiger charge is 2.15. The minimum atomic E-state index is -1.33. The lowest BCUT2D eigenvalue weighted by Crippen LogP contribution is -2.16. The molecular formula is C18H18O7. The number of carbonyl (C=O) groups is 2. The van der Waals surface area contributed by atoms with Crippen LogP contribution < -0.4 is 0 Å². The van der Waals surface area contributed by atoms with Crippen molar-refractivity contribution in [2.45, 2.75) is 12.8 Å². The largest absolute Gasteiger partial charge is 0.550 e. The van der Waals surface area contributed by atoms with Gasteiger partial charge < -0.3 is 4.74 Å². The summed E-state index contributed by atoms with van der Waals surface area (Å²) in [6, 6.07) is 19.0. The molecular weight excluding hydrogens is 328 g/mol. The number of hydrogen-bond donors (Lipinski definition) is 0. The highest BCUT2D eigenvalue weighted by molar-refractivity contribution is 5.76. The molecule has 2 rings (SSSR count). The lowest BCUT2D eigenvalue weighted by Gasteiger charge is -2.05. The van der Waals surface area contributed by atoms with Crippen LogP contribution in [0.25, 0.3) is 0 Å². The van der Waals surface area contributed by atoms with Gasteiger partial charge in [-0.05, 0) is 24.0 Å². The number of rotatable bonds is 8. The monoisotopic (exact) mass is 346 g/mol. The van der Waals surface area contributed by atoms with Crippen LogP contribution in [0.4, 0.5) is 9.59 Å². The second-order valence-corrected chi connectivity index (χ2v) is 4.88. The normalized spacial score (nSPS) is 10.1. The Labute approximate surface area is 144 Å². The van der Waals surface area contributed by atoms with Crippen LogP contribution in [0.3, 0.4) is 0 Å². The maximum atomic E-state index is 11.2. The Bertz CT molecular complexity index is 585. The number of benzene rings is 2. The molecule has 0 aromatic heterocycles. The molecule has 0 heterocycles. The van der Waals surface area contributed by atoms with E-state index >= 15 is 0 Å². The van der Waals surface area contributed by atoms with Crippen molar-refractivity contribution in [3.63, 3.8) is 0 Å². The summed E-state index contributed by atoms with van der Waals surface area (Å²) in [4.78, 5) is 40.3. The van der Waals surface area contributed by atoms with Crippen LogP contribution in [0.5, 0.6) is 0 Å². The summed E-state index contributed by atoms with van der Waals surface area (Å²) < 4.78 is 4.18. The average molecular weight is 346 g/mol. The summed E-state index contributed by atoms with van der Waals surface area (Å²) in [6.07, 6.45) is -1.57. The molecule has 25 heavy (non-hydrogen) atoms. The number of carbonyl (C=O) groups excluding carboxylic acids is 2. The van der Waals surface area contributed by atoms with Gasteiger partial charge in [0.25, 0.3) is 0 Å². The second-order valence-electron chi connectivity index (χ2n) is 4.88. The molecule has 0 bridgehead atoms. The van der Waals surface area contributed by atoms with Crippen molar-refractivity contribution in [2.75, 3.05) is 13.2 Å². The van der Waals surface area contributed by atoms with Gasteiger partial charge in [0.2, 0.25) is 0 Å². The number of hydrogen-bond acceptors (Lipinski definition) is 7. The molecule has 2 aromatic carbocycles. The Morgan fingerprint density at radius 3 is 1.44 bits per heavy atom. The number of ether oxygens (including phenoxy) is 1. The summed E-state index contributed by atoms with van der Waals surface area (Å²) in [6.45, 7) is 0.253. The highest BCUT2D eigenvalue weighted by atomic mass is 17.3. The molecule has 7 nitrogen and oxygen atoms in total. The van der Waals surface area contributed by atoms with Crippen molar-refractivity contribution < 1.29 is 33.9 Å². The van der Waals surface area contributed by atoms with Crippen molar-refractivity contribution in [2.24, 2.45) is 0 Å². The van der Waals surface area contributed by atoms with E-state index in [0.717, 1.165) is 11.1 Å². The van der Waals surface area contributed by atoms with E-state index in [1.54, 1.807) is 0 Å². The SMILES string of the molecule is O=C(OOCCc1ccccc1)OC(=O)OOCCc1ccccc1. The highest BCUT2D eigenvalue weighted by Crippen LogP contribution is 2.02. The van der Waals surface area contributed by atoms with E-state index in [0.29, 0.717) is 12.8 Å². The molecule has 7 heteroatoms. The Balaban J connectivity index is 1.50. The van der Waals surface area contributed by atoms with E-state index in [2.05, 4.69) is 24.3 Å². The molecule has 0 radical (unpaired) electrons. The Kier molecular flexibility index (Phi) is 7.96. The molecule has 0 spiro atoms. The molecule has 0 N–H and O–H groups in total. The summed E-state index contributed by atoms with van der Waals surface area (Å²) in [5.74, 6) is 0. The first-order chi connectivity index (χ1) is 12.2. The predicted molar refractivity (Wildman–Crippen MR) is 86.2 cm³/mol. The Morgan fingerprint density at radius 1 is 0.640 bits per heavy atom. The van der Waals surface area contributed by atoms with E-state index in [1.165, 1.54) is 0 Å². The maximum absolute atomic E-state index is 11.2. The minimum Gasteiger partial charge on any atom is -0.323 e. The first kappa shape index (κ1) is 18.4. The summed E-state index contributed by atoms with van der Waals surface area (Å²) in [5, 5.41) is 0. The van der Waals surface area contributed by atoms with Gasteiger partial charge >= 0.3 is 12.3 Å². The van der Waals surface area contributed by atoms with Gasteiger partial charge in [-0.25, -0.2) is 9.59 Å². The predicted octanol–water partition coefficient (Wildman–Crippen LogP) is 3.62. The Morgan fingerprint density at radius 2 is 1.04 bits per heavy atom. The maximum Gasteiger partial charge on any atom is 0.550 e. The molecule has 0 aliphatic carbocycles. The van der Waals surface area contributed by atoms with Gasteiger partial charge in [0, 0.05) is 0 Å². The zero-order valence-corrected chi connectivity index (χ0v) is 13.5. The molecule has 0 atom stereocenters. The summed E-state index contributed by atoms with van der Waals surface area (Å²) in [5.41, 5.74) is 2.04. The zero-order chi connectivity index (χ0) is 17.7. The lowest BCUT2D eigenvalue weighted by atomic mass is 10.2. The van der Waals surface area contributed by atoms with Gasteiger partial charge in [0.1, 0.15) is 0 Å². The van der Waals surface area contributed by atoms with Crippen molar-refractivity contribution in [3.05, 3.63) is 71.8 Å². The van der Waals surface area contributed by atoms with Crippen LogP contribution in [0.15, 0.2) is 60.7 Å². The third kappa shape index (κ3) is 7.96. The van der Waals surface area contributed by atoms with Crippen LogP contribution in [0.1, 0.15) is 11.1 Å². The smallest absolute Gasteiger partial charge is 0.323 e. The van der Waals surface area contributed by atoms with Crippen LogP contribution >= 0.6 is 0 Å². The van der Waals surface area contributed by atoms with Crippen molar-refractivity contribution >= 4 is 12.3 Å². The second kappa shape index (κ2) is 10.8. The molecule has 0 unspecified atom stereocenters. The van der Waals surface area contributed by atoms with Crippen molar-refractivity contribution in [1.29, 1.82) is 0 Å². The lowest BCUT2D eigenvalue weighted by molar-refractivity contribution is -0.270. The molecule has 0 aliphatic heterocycles. The van der Waals surface area contributed by atoms with Gasteiger partial charge in [-0.2, -0.15) is 9.78 Å². The fourth-order valence-corrected chi connectivity index (χ4v) is 1.89. The molecule has 0 saturated carbocycles. The quantitative estimate of drug-likeness (QED) is 0.237. The summed E-state index contributed by atoms with van der Waals surface area (Å²) in [7, 11) is 0. The van der Waals surface area contributed by atoms with E-state index in [-0.39, 0.29) is 13.2 Å². The molecule has 0 aliphatic rings. The fourth-order valence-electron chi connectivity index (χ4n) is 1.89. The third-order valence-electron chi connectivity index (χ3n) is 3.05. The van der Waals surface area contributed by atoms with Crippen LogP contribution in [0.2, 0.25) is 0 Å². The van der Waals surface area contributed by atoms with Gasteiger partial charge in [-0.3, -0.25) is 9.78 Å². The first-order valence-corrected chi connectivity index (χ1v) is 7.66. The van der Waals surface area contributed by atoms with Crippen LogP contribution in [-0.2, 0) is 37.1 Å². The van der Waals surface area contributed by atoms with E-state index in [1.807, 2.05) is 60.7 Å². The minimum absolute atomic E-state index is 0.127. The topological polar surface area (TPSA) is 80.3 Å². The van der Waals surface area contributed by atoms with Gasteiger partial charge in [-0.15, -0.1) is 0 Å². The van der Waals surface area contributed by atoms with Gasteiger partial charge in [0.15, 0.2) is 0 Å². The standard InChI is InChI=1S/C18H18O7/c19-17(24-21-13-11-15-7-3-1-4-8-15)23-18(20)25-22-14-12-16-9-5-2-6-10-16/h1-10H,11-14H2. The van der Waals surface area contributed by atoms with E-state index in [9.17, 15) is 9.59 Å². The zero-order valence-electron chi connectivity index (χ0n) is 13.5. The molecule has 2 aromatic rings. The van der Waals surface area contributed by atoms with E-state index < -0.39 is 12.3 Å². The molecule has 132 valence electrons. The third-order valence-corrected chi connectivity index (χ3v) is 3.05. The van der Waals surface area contributed by atoms with Crippen LogP contribution in [-0.4, -0.2) is 25.5 Å². The van der Waals surface area contributed by atoms with Crippen molar-refractivity contribution in [3.8, 4) is 0 Å². The van der Waals surface area contributed by atoms with E-state index in [4.69, 9.17) is 0 Å². The molecule has 0 saturated heterocycles. The first-order valence-electron chi connectivity index (χ1n) is 7.66. The van der Waals surface area contributed by atoms with Gasteiger partial charge in [0.05, 0.1) is 13.2 Å². The molecule has 0 amide bonds. The van der Waals surface area contributed by atoms with Gasteiger partial charge in [-0.1, -0.05) is 60.7 Å². The molecule has 0 fully saturated rings. The average Bonchev–Trinajstić information content (AvgIpc) is 2.64. The Hall–Kier alpha value is -2.90. The fraction of sp³-hybridized carbons (Fsp3) is 0.222. The summed E-state index contributed by atoms with van der Waals surface area (Å²) >= 11 is 0.